The van der Waals surface area contributed by atoms with Gasteiger partial charge >= 0.3 is 0 Å². The number of piperidine rings is 1. The summed E-state index contributed by atoms with van der Waals surface area (Å²) >= 11 is 0. The van der Waals surface area contributed by atoms with Crippen LogP contribution in [0.1, 0.15) is 51.0 Å². The highest BCUT2D eigenvalue weighted by molar-refractivity contribution is 5.82. The van der Waals surface area contributed by atoms with Crippen molar-refractivity contribution >= 4 is 5.91 Å². The largest absolute Gasteiger partial charge is 0.497 e. The van der Waals surface area contributed by atoms with Crippen LogP contribution in [0, 0.1) is 5.92 Å². The third kappa shape index (κ3) is 4.98. The number of likely N-dealkylation sites (tertiary alicyclic amines) is 1. The lowest BCUT2D eigenvalue weighted by atomic mass is 9.90. The maximum Gasteiger partial charge on any atom is 0.241 e. The van der Waals surface area contributed by atoms with Crippen LogP contribution >= 0.6 is 0 Å². The SMILES string of the molecule is CCCC1CC(C(=O)N2CCC(CCc3ccc(OC)cc3)CC2)NN1. The third-order valence-corrected chi connectivity index (χ3v) is 5.84. The Kier molecular flexibility index (Phi) is 6.92. The number of aryl methyl sites for hydroxylation is 1. The normalized spacial score (nSPS) is 24.0. The van der Waals surface area contributed by atoms with E-state index < -0.39 is 0 Å². The van der Waals surface area contributed by atoms with Crippen molar-refractivity contribution in [1.29, 1.82) is 0 Å². The van der Waals surface area contributed by atoms with E-state index in [2.05, 4.69) is 34.8 Å². The fraction of sp³-hybridized carbons (Fsp3) is 0.667. The number of methoxy groups -OCH3 is 1. The molecule has 1 amide bonds. The van der Waals surface area contributed by atoms with Crippen LogP contribution in [0.4, 0.5) is 0 Å². The van der Waals surface area contributed by atoms with Gasteiger partial charge in [-0.25, -0.2) is 5.43 Å². The van der Waals surface area contributed by atoms with Crippen molar-refractivity contribution in [2.24, 2.45) is 5.92 Å². The van der Waals surface area contributed by atoms with Crippen molar-refractivity contribution in [3.8, 4) is 5.75 Å². The van der Waals surface area contributed by atoms with Crippen molar-refractivity contribution in [1.82, 2.24) is 15.8 Å². The minimum absolute atomic E-state index is 0.0394. The Balaban J connectivity index is 1.39. The molecule has 2 unspecified atom stereocenters. The molecule has 2 saturated heterocycles. The second kappa shape index (κ2) is 9.38. The Morgan fingerprint density at radius 3 is 2.54 bits per heavy atom. The zero-order chi connectivity index (χ0) is 18.4. The van der Waals surface area contributed by atoms with Crippen molar-refractivity contribution < 1.29 is 9.53 Å². The first kappa shape index (κ1) is 19.2. The number of nitrogens with one attached hydrogen (secondary N) is 2. The molecule has 0 aliphatic carbocycles. The van der Waals surface area contributed by atoms with Crippen LogP contribution in [0.3, 0.4) is 0 Å². The highest BCUT2D eigenvalue weighted by Gasteiger charge is 2.33. The highest BCUT2D eigenvalue weighted by Crippen LogP contribution is 2.24. The molecule has 0 spiro atoms. The number of hydrogen-bond donors (Lipinski definition) is 2. The summed E-state index contributed by atoms with van der Waals surface area (Å²) < 4.78 is 5.21. The first-order valence-electron chi connectivity index (χ1n) is 10.1. The number of hydrogen-bond acceptors (Lipinski definition) is 4. The summed E-state index contributed by atoms with van der Waals surface area (Å²) in [6.45, 7) is 4.00. The van der Waals surface area contributed by atoms with Crippen LogP contribution < -0.4 is 15.6 Å². The maximum atomic E-state index is 12.7. The number of rotatable bonds is 7. The second-order valence-corrected chi connectivity index (χ2v) is 7.72. The van der Waals surface area contributed by atoms with Crippen LogP contribution in [0.2, 0.25) is 0 Å². The summed E-state index contributed by atoms with van der Waals surface area (Å²) in [6, 6.07) is 8.78. The predicted molar refractivity (Wildman–Crippen MR) is 104 cm³/mol. The topological polar surface area (TPSA) is 53.6 Å². The lowest BCUT2D eigenvalue weighted by Gasteiger charge is -2.33. The number of hydrazine groups is 1. The molecule has 2 aliphatic heterocycles. The molecular weight excluding hydrogens is 326 g/mol. The zero-order valence-corrected chi connectivity index (χ0v) is 16.2. The third-order valence-electron chi connectivity index (χ3n) is 5.84. The molecule has 26 heavy (non-hydrogen) atoms. The highest BCUT2D eigenvalue weighted by atomic mass is 16.5. The van der Waals surface area contributed by atoms with Gasteiger partial charge in [-0.2, -0.15) is 0 Å². The van der Waals surface area contributed by atoms with Crippen LogP contribution in [0.5, 0.6) is 5.75 Å². The first-order valence-corrected chi connectivity index (χ1v) is 10.1. The van der Waals surface area contributed by atoms with Gasteiger partial charge in [0.25, 0.3) is 0 Å². The summed E-state index contributed by atoms with van der Waals surface area (Å²) in [4.78, 5) is 14.8. The summed E-state index contributed by atoms with van der Waals surface area (Å²) in [5.41, 5.74) is 7.85. The van der Waals surface area contributed by atoms with Gasteiger partial charge in [0.15, 0.2) is 0 Å². The summed E-state index contributed by atoms with van der Waals surface area (Å²) in [5.74, 6) is 1.92. The van der Waals surface area contributed by atoms with E-state index in [9.17, 15) is 4.79 Å². The van der Waals surface area contributed by atoms with E-state index in [0.29, 0.717) is 6.04 Å². The Bertz CT molecular complexity index is 567. The van der Waals surface area contributed by atoms with E-state index in [0.717, 1.165) is 63.3 Å². The van der Waals surface area contributed by atoms with Gasteiger partial charge in [0.05, 0.1) is 7.11 Å². The molecule has 1 aromatic rings. The number of ether oxygens (including phenoxy) is 1. The minimum atomic E-state index is -0.0394. The molecule has 0 bridgehead atoms. The average Bonchev–Trinajstić information content (AvgIpc) is 3.15. The van der Waals surface area contributed by atoms with Crippen LogP contribution in [0.25, 0.3) is 0 Å². The summed E-state index contributed by atoms with van der Waals surface area (Å²) in [5, 5.41) is 0. The number of benzene rings is 1. The second-order valence-electron chi connectivity index (χ2n) is 7.72. The Morgan fingerprint density at radius 1 is 1.15 bits per heavy atom. The summed E-state index contributed by atoms with van der Waals surface area (Å²) in [6.07, 6.45) is 7.76. The monoisotopic (exact) mass is 359 g/mol. The van der Waals surface area contributed by atoms with E-state index in [1.54, 1.807) is 7.11 Å². The molecular formula is C21H33N3O2. The Morgan fingerprint density at radius 2 is 1.88 bits per heavy atom. The number of carbonyl (C=O) groups excluding carboxylic acids is 1. The quantitative estimate of drug-likeness (QED) is 0.786. The van der Waals surface area contributed by atoms with Gasteiger partial charge in [-0.3, -0.25) is 10.2 Å². The molecule has 2 N–H and O–H groups in total. The first-order chi connectivity index (χ1) is 12.7. The van der Waals surface area contributed by atoms with Crippen molar-refractivity contribution in [3.05, 3.63) is 29.8 Å². The minimum Gasteiger partial charge on any atom is -0.497 e. The standard InChI is InChI=1S/C21H33N3O2/c1-3-4-18-15-20(23-22-18)21(25)24-13-11-17(12-14-24)6-5-16-7-9-19(26-2)10-8-16/h7-10,17-18,20,22-23H,3-6,11-15H2,1-2H3. The average molecular weight is 360 g/mol. The van der Waals surface area contributed by atoms with E-state index in [4.69, 9.17) is 4.74 Å². The van der Waals surface area contributed by atoms with E-state index in [1.165, 1.54) is 12.0 Å². The molecule has 3 rings (SSSR count). The van der Waals surface area contributed by atoms with E-state index >= 15 is 0 Å². The van der Waals surface area contributed by atoms with Gasteiger partial charge in [-0.05, 0) is 62.1 Å². The van der Waals surface area contributed by atoms with E-state index in [1.807, 2.05) is 12.1 Å². The molecule has 0 saturated carbocycles. The molecule has 1 aromatic carbocycles. The molecule has 144 valence electrons. The van der Waals surface area contributed by atoms with Gasteiger partial charge in [0.2, 0.25) is 5.91 Å². The Labute approximate surface area is 157 Å². The molecule has 2 aliphatic rings. The maximum absolute atomic E-state index is 12.7. The predicted octanol–water partition coefficient (Wildman–Crippen LogP) is 2.90. The smallest absolute Gasteiger partial charge is 0.241 e. The number of carbonyl (C=O) groups is 1. The summed E-state index contributed by atoms with van der Waals surface area (Å²) in [7, 11) is 1.70. The van der Waals surface area contributed by atoms with Gasteiger partial charge < -0.3 is 9.64 Å². The lowest BCUT2D eigenvalue weighted by molar-refractivity contribution is -0.134. The molecule has 0 radical (unpaired) electrons. The van der Waals surface area contributed by atoms with Gasteiger partial charge in [-0.1, -0.05) is 25.5 Å². The van der Waals surface area contributed by atoms with Crippen LogP contribution in [0.15, 0.2) is 24.3 Å². The zero-order valence-electron chi connectivity index (χ0n) is 16.2. The van der Waals surface area contributed by atoms with Crippen molar-refractivity contribution in [3.63, 3.8) is 0 Å². The van der Waals surface area contributed by atoms with Gasteiger partial charge in [0, 0.05) is 19.1 Å². The fourth-order valence-corrected chi connectivity index (χ4v) is 4.15. The van der Waals surface area contributed by atoms with Gasteiger partial charge in [0.1, 0.15) is 11.8 Å². The molecule has 2 fully saturated rings. The van der Waals surface area contributed by atoms with Crippen molar-refractivity contribution in [2.45, 2.75) is 64.0 Å². The van der Waals surface area contributed by atoms with Crippen LogP contribution in [-0.4, -0.2) is 43.1 Å². The van der Waals surface area contributed by atoms with E-state index in [-0.39, 0.29) is 11.9 Å². The molecule has 2 heterocycles. The molecule has 5 heteroatoms. The van der Waals surface area contributed by atoms with Crippen molar-refractivity contribution in [2.75, 3.05) is 20.2 Å². The number of nitrogens with zero attached hydrogens (tertiary/aromatic N) is 1. The molecule has 0 aromatic heterocycles. The Hall–Kier alpha value is -1.59. The van der Waals surface area contributed by atoms with Crippen LogP contribution in [-0.2, 0) is 11.2 Å². The molecule has 2 atom stereocenters. The lowest BCUT2D eigenvalue weighted by Crippen LogP contribution is -2.48. The van der Waals surface area contributed by atoms with Gasteiger partial charge in [-0.15, -0.1) is 0 Å². The molecule has 5 nitrogen and oxygen atoms in total. The fourth-order valence-electron chi connectivity index (χ4n) is 4.15. The number of amides is 1.